The van der Waals surface area contributed by atoms with Gasteiger partial charge in [-0.05, 0) is 54.3 Å². The Morgan fingerprint density at radius 3 is 1.66 bits per heavy atom. The van der Waals surface area contributed by atoms with Gasteiger partial charge in [-0.1, -0.05) is 84.9 Å². The Bertz CT molecular complexity index is 1740. The third-order valence-corrected chi connectivity index (χ3v) is 6.54. The van der Waals surface area contributed by atoms with Crippen LogP contribution in [0, 0.1) is 0 Å². The molecule has 1 aromatic heterocycles. The summed E-state index contributed by atoms with van der Waals surface area (Å²) in [6.45, 7) is 4.10. The first kappa shape index (κ1) is 26.2. The van der Waals surface area contributed by atoms with Crippen LogP contribution < -0.4 is 0 Å². The number of fused-ring (bicyclic) bond motifs is 3. The van der Waals surface area contributed by atoms with E-state index in [2.05, 4.69) is 121 Å². The Kier molecular flexibility index (Phi) is 8.26. The van der Waals surface area contributed by atoms with Gasteiger partial charge in [0.15, 0.2) is 0 Å². The first-order valence-electron chi connectivity index (χ1n) is 12.1. The minimum atomic E-state index is 0.194. The van der Waals surface area contributed by atoms with Crippen LogP contribution in [0.15, 0.2) is 119 Å². The first-order chi connectivity index (χ1) is 18.6. The van der Waals surface area contributed by atoms with Crippen molar-refractivity contribution in [3.8, 4) is 0 Å². The van der Waals surface area contributed by atoms with Gasteiger partial charge >= 0.3 is 33.3 Å². The Morgan fingerprint density at radius 1 is 0.579 bits per heavy atom. The average Bonchev–Trinajstić information content (AvgIpc) is 3.44. The fraction of sp³-hybridized carbons (Fsp3) is 0.0625. The molecule has 0 saturated heterocycles. The number of aromatic amines is 1. The second kappa shape index (κ2) is 12.0. The molecular weight excluding hydrogens is 553 g/mol. The van der Waals surface area contributed by atoms with Gasteiger partial charge in [-0.25, -0.2) is 0 Å². The third kappa shape index (κ3) is 5.55. The average molecular weight is 578 g/mol. The van der Waals surface area contributed by atoms with E-state index in [1.807, 2.05) is 6.92 Å². The summed E-state index contributed by atoms with van der Waals surface area (Å²) in [5.74, 6) is 0. The van der Waals surface area contributed by atoms with Crippen LogP contribution in [0.25, 0.3) is 32.3 Å². The summed E-state index contributed by atoms with van der Waals surface area (Å²) in [6, 6.07) is 37.9. The van der Waals surface area contributed by atoms with Crippen LogP contribution in [0.3, 0.4) is 0 Å². The first-order valence-corrected chi connectivity index (χ1v) is 15.2. The van der Waals surface area contributed by atoms with Gasteiger partial charge in [0.2, 0.25) is 0 Å². The number of halogens is 2. The number of hydrogen-bond acceptors (Lipinski definition) is 2. The van der Waals surface area contributed by atoms with E-state index in [9.17, 15) is 0 Å². The van der Waals surface area contributed by atoms with Crippen molar-refractivity contribution >= 4 is 75.3 Å². The summed E-state index contributed by atoms with van der Waals surface area (Å²) < 4.78 is 0. The summed E-state index contributed by atoms with van der Waals surface area (Å²) in [5.41, 5.74) is 5.85. The van der Waals surface area contributed by atoms with Crippen LogP contribution in [0.4, 0.5) is 11.4 Å². The second-order valence-electron chi connectivity index (χ2n) is 8.90. The van der Waals surface area contributed by atoms with E-state index in [1.54, 1.807) is 0 Å². The molecule has 3 nitrogen and oxygen atoms in total. The number of nitrogens with one attached hydrogen (secondary N) is 1. The molecule has 6 heteroatoms. The van der Waals surface area contributed by atoms with E-state index in [1.165, 1.54) is 16.2 Å². The Balaban J connectivity index is 0.000000937. The molecule has 0 atom stereocenters. The van der Waals surface area contributed by atoms with Gasteiger partial charge in [0, 0.05) is 16.2 Å². The van der Waals surface area contributed by atoms with Crippen LogP contribution >= 0.6 is 20.2 Å². The molecule has 1 heterocycles. The quantitative estimate of drug-likeness (QED) is 0.123. The predicted octanol–water partition coefficient (Wildman–Crippen LogP) is 10.1. The molecule has 0 unspecified atom stereocenters. The summed E-state index contributed by atoms with van der Waals surface area (Å²) in [6.07, 6.45) is 0. The van der Waals surface area contributed by atoms with Crippen LogP contribution in [0.5, 0.6) is 0 Å². The van der Waals surface area contributed by atoms with Crippen LogP contribution in [0.1, 0.15) is 25.2 Å². The van der Waals surface area contributed by atoms with Gasteiger partial charge < -0.3 is 4.98 Å². The van der Waals surface area contributed by atoms with Crippen LogP contribution in [0.2, 0.25) is 0 Å². The molecular formula is C32H25Cl2FeN3. The van der Waals surface area contributed by atoms with Gasteiger partial charge in [0.05, 0.1) is 34.2 Å². The second-order valence-corrected chi connectivity index (χ2v) is 10.7. The summed E-state index contributed by atoms with van der Waals surface area (Å²) >= 11 is 0.194. The standard InChI is InChI=1S/C32H25N3.2ClH.Fe/c1-21(33-31-17-9-13-23-10-3-6-14-26(23)31)29-18-19-30(35-29)22(2)34-32-27-15-7-4-11-24(27)20-25-12-5-8-16-28(25)32;;;/h3-20,35H,1-2H3;2*1H;/q;;;+2/p-2. The van der Waals surface area contributed by atoms with E-state index in [4.69, 9.17) is 30.2 Å². The van der Waals surface area contributed by atoms with Crippen LogP contribution in [-0.4, -0.2) is 16.4 Å². The molecule has 5 aromatic carbocycles. The number of H-pyrrole nitrogens is 1. The van der Waals surface area contributed by atoms with Crippen molar-refractivity contribution in [2.45, 2.75) is 13.8 Å². The zero-order valence-corrected chi connectivity index (χ0v) is 23.5. The molecule has 0 radical (unpaired) electrons. The Morgan fingerprint density at radius 2 is 1.05 bits per heavy atom. The third-order valence-electron chi connectivity index (χ3n) is 6.54. The molecule has 0 spiro atoms. The molecule has 0 saturated carbocycles. The molecule has 0 aliphatic rings. The van der Waals surface area contributed by atoms with Crippen molar-refractivity contribution in [3.63, 3.8) is 0 Å². The molecule has 0 aliphatic carbocycles. The Labute approximate surface area is 236 Å². The fourth-order valence-corrected chi connectivity index (χ4v) is 4.70. The molecule has 190 valence electrons. The number of aliphatic imine (C=N–C) groups is 2. The fourth-order valence-electron chi connectivity index (χ4n) is 4.70. The van der Waals surface area contributed by atoms with Gasteiger partial charge in [-0.3, -0.25) is 9.98 Å². The van der Waals surface area contributed by atoms with E-state index < -0.39 is 0 Å². The van der Waals surface area contributed by atoms with E-state index >= 15 is 0 Å². The molecule has 0 amide bonds. The summed E-state index contributed by atoms with van der Waals surface area (Å²) in [5, 5.41) is 7.06. The van der Waals surface area contributed by atoms with Gasteiger partial charge in [0.25, 0.3) is 0 Å². The molecule has 6 rings (SSSR count). The molecule has 0 bridgehead atoms. The van der Waals surface area contributed by atoms with Gasteiger partial charge in [-0.2, -0.15) is 0 Å². The molecule has 38 heavy (non-hydrogen) atoms. The van der Waals surface area contributed by atoms with Crippen molar-refractivity contribution in [1.29, 1.82) is 0 Å². The number of hydrogen-bond donors (Lipinski definition) is 1. The SMILES string of the molecule is CC(=Nc1cccc2ccccc12)c1ccc(C(C)=Nc2c3ccccc3cc3ccccc23)[nH]1.[Cl][Fe][Cl]. The predicted molar refractivity (Wildman–Crippen MR) is 162 cm³/mol. The van der Waals surface area contributed by atoms with Gasteiger partial charge in [-0.15, -0.1) is 0 Å². The monoisotopic (exact) mass is 577 g/mol. The van der Waals surface area contributed by atoms with Gasteiger partial charge in [0.1, 0.15) is 0 Å². The topological polar surface area (TPSA) is 40.5 Å². The molecule has 0 aliphatic heterocycles. The van der Waals surface area contributed by atoms with Crippen molar-refractivity contribution in [1.82, 2.24) is 4.98 Å². The minimum absolute atomic E-state index is 0.194. The van der Waals surface area contributed by atoms with Crippen LogP contribution in [-0.2, 0) is 13.1 Å². The van der Waals surface area contributed by atoms with E-state index in [-0.39, 0.29) is 13.1 Å². The molecule has 6 aromatic rings. The van der Waals surface area contributed by atoms with Crippen molar-refractivity contribution < 1.29 is 13.1 Å². The zero-order valence-electron chi connectivity index (χ0n) is 20.9. The van der Waals surface area contributed by atoms with E-state index in [0.717, 1.165) is 50.3 Å². The molecule has 0 fully saturated rings. The number of benzene rings is 5. The zero-order chi connectivity index (χ0) is 26.5. The normalized spacial score (nSPS) is 12.2. The van der Waals surface area contributed by atoms with E-state index in [0.29, 0.717) is 0 Å². The maximum atomic E-state index is 5.13. The maximum absolute atomic E-state index is 5.13. The van der Waals surface area contributed by atoms with Crippen molar-refractivity contribution in [2.75, 3.05) is 0 Å². The number of rotatable bonds is 4. The Hall–Kier alpha value is -3.40. The molecule has 1 N–H and O–H groups in total. The van der Waals surface area contributed by atoms with Crippen molar-refractivity contribution in [3.05, 3.63) is 121 Å². The van der Waals surface area contributed by atoms with Crippen molar-refractivity contribution in [2.24, 2.45) is 9.98 Å². The number of nitrogens with zero attached hydrogens (tertiary/aromatic N) is 2. The number of aromatic nitrogens is 1. The summed E-state index contributed by atoms with van der Waals surface area (Å²) in [7, 11) is 9.53. The summed E-state index contributed by atoms with van der Waals surface area (Å²) in [4.78, 5) is 13.6.